The van der Waals surface area contributed by atoms with Gasteiger partial charge in [0.05, 0.1) is 5.56 Å². The first-order chi connectivity index (χ1) is 19.2. The molecular weight excluding hydrogens is 552 g/mol. The largest absolute Gasteiger partial charge is 0.490 e. The van der Waals surface area contributed by atoms with Crippen molar-refractivity contribution in [1.82, 2.24) is 14.7 Å². The lowest BCUT2D eigenvalue weighted by atomic mass is 10.0. The molecule has 1 saturated heterocycles. The number of hydrogen-bond donors (Lipinski definition) is 1. The van der Waals surface area contributed by atoms with E-state index in [1.54, 1.807) is 0 Å². The Bertz CT molecular complexity index is 1040. The van der Waals surface area contributed by atoms with Crippen molar-refractivity contribution >= 4 is 5.97 Å². The normalized spacial score (nSPS) is 15.8. The highest BCUT2D eigenvalue weighted by Crippen LogP contribution is 2.32. The Hall–Kier alpha value is -2.83. The molecule has 0 saturated carbocycles. The molecule has 0 spiro atoms. The first-order valence-electron chi connectivity index (χ1n) is 13.5. The van der Waals surface area contributed by atoms with Crippen LogP contribution in [0.2, 0.25) is 0 Å². The lowest BCUT2D eigenvalue weighted by Crippen LogP contribution is -2.46. The van der Waals surface area contributed by atoms with Crippen molar-refractivity contribution < 1.29 is 41.0 Å². The number of ether oxygens (including phenoxy) is 1. The van der Waals surface area contributed by atoms with Crippen LogP contribution in [0.1, 0.15) is 49.0 Å². The predicted molar refractivity (Wildman–Crippen MR) is 145 cm³/mol. The van der Waals surface area contributed by atoms with E-state index in [1.807, 2.05) is 14.1 Å². The fraction of sp³-hybridized carbons (Fsp3) is 0.552. The highest BCUT2D eigenvalue weighted by molar-refractivity contribution is 5.73. The molecule has 0 bridgehead atoms. The minimum atomic E-state index is -5.08. The average molecular weight is 592 g/mol. The Balaban J connectivity index is 0.000000745. The van der Waals surface area contributed by atoms with Crippen LogP contribution in [0.15, 0.2) is 48.5 Å². The zero-order chi connectivity index (χ0) is 30.6. The third kappa shape index (κ3) is 12.7. The smallest absolute Gasteiger partial charge is 0.486 e. The van der Waals surface area contributed by atoms with E-state index in [-0.39, 0.29) is 6.10 Å². The van der Waals surface area contributed by atoms with Gasteiger partial charge < -0.3 is 19.6 Å². The molecule has 1 atom stereocenters. The molecular formula is C29H39F6N3O3. The van der Waals surface area contributed by atoms with Gasteiger partial charge in [0.2, 0.25) is 0 Å². The van der Waals surface area contributed by atoms with E-state index < -0.39 is 23.9 Å². The number of benzene rings is 2. The number of nitrogens with zero attached hydrogens (tertiary/aromatic N) is 3. The van der Waals surface area contributed by atoms with E-state index in [0.717, 1.165) is 63.4 Å². The quantitative estimate of drug-likeness (QED) is 0.309. The molecule has 0 aromatic heterocycles. The van der Waals surface area contributed by atoms with E-state index in [1.165, 1.54) is 37.1 Å². The number of carbonyl (C=O) groups is 1. The van der Waals surface area contributed by atoms with Crippen LogP contribution in [-0.4, -0.2) is 85.3 Å². The maximum atomic E-state index is 12.9. The van der Waals surface area contributed by atoms with Crippen LogP contribution in [0.3, 0.4) is 0 Å². The van der Waals surface area contributed by atoms with Crippen molar-refractivity contribution in [3.63, 3.8) is 0 Å². The van der Waals surface area contributed by atoms with Crippen molar-refractivity contribution in [2.24, 2.45) is 0 Å². The minimum Gasteiger partial charge on any atom is -0.486 e. The second-order valence-corrected chi connectivity index (χ2v) is 10.2. The number of rotatable bonds is 11. The van der Waals surface area contributed by atoms with Gasteiger partial charge in [-0.25, -0.2) is 4.79 Å². The van der Waals surface area contributed by atoms with Crippen LogP contribution in [0.5, 0.6) is 5.75 Å². The van der Waals surface area contributed by atoms with E-state index in [4.69, 9.17) is 14.6 Å². The van der Waals surface area contributed by atoms with Crippen LogP contribution in [0, 0.1) is 0 Å². The molecule has 1 fully saturated rings. The second-order valence-electron chi connectivity index (χ2n) is 10.2. The Labute approximate surface area is 237 Å². The molecule has 1 heterocycles. The van der Waals surface area contributed by atoms with Gasteiger partial charge in [-0.2, -0.15) is 26.3 Å². The summed E-state index contributed by atoms with van der Waals surface area (Å²) in [6.07, 6.45) is -6.40. The number of halogens is 6. The summed E-state index contributed by atoms with van der Waals surface area (Å²) in [4.78, 5) is 16.0. The first kappa shape index (κ1) is 34.4. The van der Waals surface area contributed by atoms with Gasteiger partial charge in [0, 0.05) is 45.7 Å². The molecule has 1 unspecified atom stereocenters. The van der Waals surface area contributed by atoms with E-state index in [0.29, 0.717) is 5.75 Å². The highest BCUT2D eigenvalue weighted by Gasteiger charge is 2.38. The third-order valence-electron chi connectivity index (χ3n) is 6.59. The molecule has 1 N–H and O–H groups in total. The number of carboxylic acids is 1. The number of unbranched alkanes of at least 4 members (excludes halogenated alkanes) is 1. The van der Waals surface area contributed by atoms with Crippen LogP contribution in [0.4, 0.5) is 26.3 Å². The van der Waals surface area contributed by atoms with Crippen LogP contribution < -0.4 is 4.74 Å². The molecule has 12 heteroatoms. The number of aliphatic carboxylic acids is 1. The van der Waals surface area contributed by atoms with Gasteiger partial charge in [-0.1, -0.05) is 37.6 Å². The van der Waals surface area contributed by atoms with Crippen molar-refractivity contribution in [3.05, 3.63) is 65.2 Å². The second kappa shape index (κ2) is 16.0. The van der Waals surface area contributed by atoms with Crippen LogP contribution >= 0.6 is 0 Å². The maximum absolute atomic E-state index is 12.9. The monoisotopic (exact) mass is 591 g/mol. The Morgan fingerprint density at radius 2 is 1.46 bits per heavy atom. The van der Waals surface area contributed by atoms with Gasteiger partial charge in [0.1, 0.15) is 11.9 Å². The highest BCUT2D eigenvalue weighted by atomic mass is 19.4. The predicted octanol–water partition coefficient (Wildman–Crippen LogP) is 6.33. The summed E-state index contributed by atoms with van der Waals surface area (Å²) in [5.74, 6) is -2.31. The summed E-state index contributed by atoms with van der Waals surface area (Å²) in [5.41, 5.74) is 1.64. The zero-order valence-electron chi connectivity index (χ0n) is 23.6. The fourth-order valence-corrected chi connectivity index (χ4v) is 4.20. The first-order valence-corrected chi connectivity index (χ1v) is 13.5. The summed E-state index contributed by atoms with van der Waals surface area (Å²) in [7, 11) is 4.00. The summed E-state index contributed by atoms with van der Waals surface area (Å²) in [6.45, 7) is 9.63. The molecule has 230 valence electrons. The van der Waals surface area contributed by atoms with Crippen molar-refractivity contribution in [2.75, 3.05) is 53.4 Å². The standard InChI is InChI=1S/C27H38F3N3O.C2HF3O2/c1-4-5-15-32-17-19-33(20-18-32)21-22-6-8-23(9-7-22)26(14-16-31(2)3)34-25-12-10-24(11-13-25)27(28,29)30;3-2(4,5)1(6)7/h6-13,26H,4-5,14-21H2,1-3H3;(H,6,7). The van der Waals surface area contributed by atoms with Crippen LogP contribution in [0.25, 0.3) is 0 Å². The Kier molecular flexibility index (Phi) is 13.4. The summed E-state index contributed by atoms with van der Waals surface area (Å²) in [5, 5.41) is 7.12. The topological polar surface area (TPSA) is 56.2 Å². The molecule has 6 nitrogen and oxygen atoms in total. The number of piperazine rings is 1. The van der Waals surface area contributed by atoms with E-state index in [9.17, 15) is 26.3 Å². The molecule has 2 aromatic rings. The Morgan fingerprint density at radius 3 is 1.93 bits per heavy atom. The third-order valence-corrected chi connectivity index (χ3v) is 6.59. The Morgan fingerprint density at radius 1 is 0.927 bits per heavy atom. The minimum absolute atomic E-state index is 0.227. The molecule has 1 aliphatic rings. The summed E-state index contributed by atoms with van der Waals surface area (Å²) in [6, 6.07) is 13.4. The van der Waals surface area contributed by atoms with Gasteiger partial charge in [-0.15, -0.1) is 0 Å². The molecule has 0 aliphatic carbocycles. The van der Waals surface area contributed by atoms with Gasteiger partial charge in [0.25, 0.3) is 0 Å². The number of carboxylic acid groups (broad SMARTS) is 1. The molecule has 0 amide bonds. The zero-order valence-corrected chi connectivity index (χ0v) is 23.6. The van der Waals surface area contributed by atoms with Gasteiger partial charge >= 0.3 is 18.3 Å². The van der Waals surface area contributed by atoms with Gasteiger partial charge in [-0.3, -0.25) is 4.90 Å². The molecule has 2 aromatic carbocycles. The van der Waals surface area contributed by atoms with E-state index in [2.05, 4.69) is 45.9 Å². The number of hydrogen-bond acceptors (Lipinski definition) is 5. The van der Waals surface area contributed by atoms with Gasteiger partial charge in [-0.05, 0) is 62.5 Å². The SMILES string of the molecule is CCCCN1CCN(Cc2ccc(C(CCN(C)C)Oc3ccc(C(F)(F)F)cc3)cc2)CC1.O=C(O)C(F)(F)F. The van der Waals surface area contributed by atoms with Crippen molar-refractivity contribution in [2.45, 2.75) is 51.2 Å². The summed E-state index contributed by atoms with van der Waals surface area (Å²) >= 11 is 0. The molecule has 3 rings (SSSR count). The van der Waals surface area contributed by atoms with Crippen LogP contribution in [-0.2, 0) is 17.5 Å². The van der Waals surface area contributed by atoms with Gasteiger partial charge in [0.15, 0.2) is 0 Å². The van der Waals surface area contributed by atoms with E-state index >= 15 is 0 Å². The van der Waals surface area contributed by atoms with Crippen molar-refractivity contribution in [3.8, 4) is 5.75 Å². The molecule has 41 heavy (non-hydrogen) atoms. The maximum Gasteiger partial charge on any atom is 0.490 e. The molecule has 1 aliphatic heterocycles. The lowest BCUT2D eigenvalue weighted by molar-refractivity contribution is -0.192. The molecule has 0 radical (unpaired) electrons. The average Bonchev–Trinajstić information content (AvgIpc) is 2.90. The fourth-order valence-electron chi connectivity index (χ4n) is 4.20. The van der Waals surface area contributed by atoms with Crippen molar-refractivity contribution in [1.29, 1.82) is 0 Å². The lowest BCUT2D eigenvalue weighted by Gasteiger charge is -2.34. The summed E-state index contributed by atoms with van der Waals surface area (Å²) < 4.78 is 76.5. The number of alkyl halides is 6.